The molecule has 3 unspecified atom stereocenters. The Labute approximate surface area is 119 Å². The minimum atomic E-state index is -0.107. The van der Waals surface area contributed by atoms with Gasteiger partial charge in [0.15, 0.2) is 0 Å². The first-order valence-electron chi connectivity index (χ1n) is 7.57. The van der Waals surface area contributed by atoms with E-state index < -0.39 is 0 Å². The number of aromatic nitrogens is 2. The number of hydrogen-bond donors (Lipinski definition) is 1. The van der Waals surface area contributed by atoms with E-state index in [1.807, 2.05) is 0 Å². The third-order valence-corrected chi connectivity index (χ3v) is 5.39. The van der Waals surface area contributed by atoms with E-state index in [0.717, 1.165) is 30.3 Å². The lowest BCUT2D eigenvalue weighted by Crippen LogP contribution is -2.46. The molecular formula is C14H23N3OS. The second kappa shape index (κ2) is 5.75. The van der Waals surface area contributed by atoms with Crippen LogP contribution in [0.1, 0.15) is 51.3 Å². The number of aliphatic hydroxyl groups is 1. The summed E-state index contributed by atoms with van der Waals surface area (Å²) in [5, 5.41) is 11.3. The molecule has 19 heavy (non-hydrogen) atoms. The van der Waals surface area contributed by atoms with Gasteiger partial charge in [0.05, 0.1) is 6.10 Å². The highest BCUT2D eigenvalue weighted by Gasteiger charge is 2.38. The molecule has 1 aliphatic carbocycles. The molecule has 2 fully saturated rings. The Hall–Kier alpha value is -0.680. The fourth-order valence-electron chi connectivity index (χ4n) is 3.56. The number of aryl methyl sites for hydroxylation is 1. The Kier molecular flexibility index (Phi) is 4.03. The molecule has 3 rings (SSSR count). The number of aliphatic hydroxyl groups excluding tert-OH is 1. The third kappa shape index (κ3) is 2.63. The number of nitrogens with zero attached hydrogens (tertiary/aromatic N) is 3. The van der Waals surface area contributed by atoms with Gasteiger partial charge in [-0.05, 0) is 32.1 Å². The largest absolute Gasteiger partial charge is 0.393 e. The van der Waals surface area contributed by atoms with E-state index in [2.05, 4.69) is 21.2 Å². The molecule has 1 N–H and O–H groups in total. The van der Waals surface area contributed by atoms with E-state index in [-0.39, 0.29) is 6.10 Å². The summed E-state index contributed by atoms with van der Waals surface area (Å²) in [4.78, 5) is 7.08. The summed E-state index contributed by atoms with van der Waals surface area (Å²) in [6.07, 6.45) is 7.83. The van der Waals surface area contributed by atoms with E-state index in [0.29, 0.717) is 12.0 Å². The van der Waals surface area contributed by atoms with Crippen molar-refractivity contribution in [3.63, 3.8) is 0 Å². The summed E-state index contributed by atoms with van der Waals surface area (Å²) in [5.74, 6) is 1.39. The number of anilines is 1. The normalized spacial score (nSPS) is 31.9. The van der Waals surface area contributed by atoms with Gasteiger partial charge in [0.25, 0.3) is 0 Å². The van der Waals surface area contributed by atoms with Gasteiger partial charge in [0.1, 0.15) is 5.82 Å². The predicted octanol–water partition coefficient (Wildman–Crippen LogP) is 2.62. The van der Waals surface area contributed by atoms with Gasteiger partial charge in [-0.1, -0.05) is 13.3 Å². The first-order valence-corrected chi connectivity index (χ1v) is 8.34. The van der Waals surface area contributed by atoms with Crippen molar-refractivity contribution < 1.29 is 5.11 Å². The summed E-state index contributed by atoms with van der Waals surface area (Å²) in [5.41, 5.74) is 0. The van der Waals surface area contributed by atoms with Crippen molar-refractivity contribution in [2.24, 2.45) is 5.92 Å². The first-order chi connectivity index (χ1) is 9.29. The van der Waals surface area contributed by atoms with Crippen LogP contribution in [0.5, 0.6) is 0 Å². The van der Waals surface area contributed by atoms with Crippen LogP contribution in [0.15, 0.2) is 0 Å². The molecule has 1 saturated heterocycles. The van der Waals surface area contributed by atoms with Gasteiger partial charge in [0.2, 0.25) is 5.13 Å². The first kappa shape index (κ1) is 13.3. The summed E-state index contributed by atoms with van der Waals surface area (Å²) in [6.45, 7) is 3.17. The topological polar surface area (TPSA) is 49.2 Å². The smallest absolute Gasteiger partial charge is 0.205 e. The molecule has 2 heterocycles. The van der Waals surface area contributed by atoms with Gasteiger partial charge < -0.3 is 10.0 Å². The Balaban J connectivity index is 1.80. The van der Waals surface area contributed by atoms with Crippen molar-refractivity contribution in [2.45, 2.75) is 64.0 Å². The predicted molar refractivity (Wildman–Crippen MR) is 77.6 cm³/mol. The zero-order chi connectivity index (χ0) is 13.2. The van der Waals surface area contributed by atoms with Crippen molar-refractivity contribution in [3.8, 4) is 0 Å². The summed E-state index contributed by atoms with van der Waals surface area (Å²) in [6, 6.07) is 0.476. The highest BCUT2D eigenvalue weighted by Crippen LogP contribution is 2.37. The van der Waals surface area contributed by atoms with Crippen molar-refractivity contribution >= 4 is 16.7 Å². The van der Waals surface area contributed by atoms with Crippen LogP contribution >= 0.6 is 11.5 Å². The van der Waals surface area contributed by atoms with Crippen LogP contribution < -0.4 is 4.90 Å². The molecular weight excluding hydrogens is 258 g/mol. The number of hydrogen-bond acceptors (Lipinski definition) is 5. The lowest BCUT2D eigenvalue weighted by Gasteiger charge is -2.40. The Bertz CT molecular complexity index is 423. The third-order valence-electron chi connectivity index (χ3n) is 4.59. The van der Waals surface area contributed by atoms with Crippen LogP contribution in [0.3, 0.4) is 0 Å². The van der Waals surface area contributed by atoms with Crippen molar-refractivity contribution in [3.05, 3.63) is 5.82 Å². The summed E-state index contributed by atoms with van der Waals surface area (Å²) >= 11 is 1.53. The lowest BCUT2D eigenvalue weighted by atomic mass is 9.88. The second-order valence-corrected chi connectivity index (χ2v) is 6.50. The molecule has 4 nitrogen and oxygen atoms in total. The molecule has 0 bridgehead atoms. The zero-order valence-corrected chi connectivity index (χ0v) is 12.4. The fourth-order valence-corrected chi connectivity index (χ4v) is 4.40. The molecule has 1 aliphatic heterocycles. The van der Waals surface area contributed by atoms with E-state index >= 15 is 0 Å². The van der Waals surface area contributed by atoms with E-state index in [4.69, 9.17) is 0 Å². The molecule has 1 aromatic heterocycles. The van der Waals surface area contributed by atoms with E-state index in [1.165, 1.54) is 43.6 Å². The van der Waals surface area contributed by atoms with Crippen LogP contribution in [-0.4, -0.2) is 33.2 Å². The molecule has 0 amide bonds. The molecule has 0 radical (unpaired) electrons. The molecule has 2 aliphatic rings. The molecule has 0 aromatic carbocycles. The van der Waals surface area contributed by atoms with Gasteiger partial charge in [0, 0.05) is 36.5 Å². The zero-order valence-electron chi connectivity index (χ0n) is 11.6. The number of piperidine rings is 1. The minimum absolute atomic E-state index is 0.107. The highest BCUT2D eigenvalue weighted by atomic mass is 32.1. The van der Waals surface area contributed by atoms with Crippen LogP contribution in [0.2, 0.25) is 0 Å². The quantitative estimate of drug-likeness (QED) is 0.925. The SMILES string of the molecule is CCc1nsc(N2CCCCC2C2CCCC2O)n1. The maximum atomic E-state index is 10.2. The molecule has 0 spiro atoms. The van der Waals surface area contributed by atoms with Gasteiger partial charge in [-0.15, -0.1) is 0 Å². The fraction of sp³-hybridized carbons (Fsp3) is 0.857. The number of rotatable bonds is 3. The minimum Gasteiger partial charge on any atom is -0.393 e. The molecule has 106 valence electrons. The Morgan fingerprint density at radius 1 is 1.26 bits per heavy atom. The Morgan fingerprint density at radius 3 is 2.84 bits per heavy atom. The van der Waals surface area contributed by atoms with Crippen LogP contribution in [0.4, 0.5) is 5.13 Å². The van der Waals surface area contributed by atoms with Crippen molar-refractivity contribution in [2.75, 3.05) is 11.4 Å². The highest BCUT2D eigenvalue weighted by molar-refractivity contribution is 7.09. The van der Waals surface area contributed by atoms with Crippen LogP contribution in [-0.2, 0) is 6.42 Å². The molecule has 1 aromatic rings. The van der Waals surface area contributed by atoms with Gasteiger partial charge in [-0.3, -0.25) is 0 Å². The lowest BCUT2D eigenvalue weighted by molar-refractivity contribution is 0.110. The average Bonchev–Trinajstić information content (AvgIpc) is 3.07. The second-order valence-electron chi connectivity index (χ2n) is 5.77. The van der Waals surface area contributed by atoms with E-state index in [1.54, 1.807) is 0 Å². The average molecular weight is 281 g/mol. The Morgan fingerprint density at radius 2 is 2.16 bits per heavy atom. The van der Waals surface area contributed by atoms with Gasteiger partial charge >= 0.3 is 0 Å². The maximum absolute atomic E-state index is 10.2. The monoisotopic (exact) mass is 281 g/mol. The molecule has 5 heteroatoms. The summed E-state index contributed by atoms with van der Waals surface area (Å²) in [7, 11) is 0. The van der Waals surface area contributed by atoms with Crippen LogP contribution in [0, 0.1) is 5.92 Å². The van der Waals surface area contributed by atoms with Crippen LogP contribution in [0.25, 0.3) is 0 Å². The summed E-state index contributed by atoms with van der Waals surface area (Å²) < 4.78 is 4.42. The van der Waals surface area contributed by atoms with E-state index in [9.17, 15) is 5.11 Å². The van der Waals surface area contributed by atoms with Crippen molar-refractivity contribution in [1.29, 1.82) is 0 Å². The van der Waals surface area contributed by atoms with Crippen molar-refractivity contribution in [1.82, 2.24) is 9.36 Å². The van der Waals surface area contributed by atoms with Gasteiger partial charge in [-0.25, -0.2) is 4.98 Å². The van der Waals surface area contributed by atoms with Gasteiger partial charge in [-0.2, -0.15) is 4.37 Å². The standard InChI is InChI=1S/C14H23N3OS/c1-2-13-15-14(19-16-13)17-9-4-3-7-11(17)10-6-5-8-12(10)18/h10-12,18H,2-9H2,1H3. The molecule has 3 atom stereocenters. The molecule has 1 saturated carbocycles. The maximum Gasteiger partial charge on any atom is 0.205 e.